The summed E-state index contributed by atoms with van der Waals surface area (Å²) in [6, 6.07) is 3.80. The molecule has 1 heterocycles. The Morgan fingerprint density at radius 2 is 2.31 bits per heavy atom. The number of nitrogens with two attached hydrogens (primary N) is 1. The van der Waals surface area contributed by atoms with Gasteiger partial charge in [-0.05, 0) is 30.9 Å². The molecule has 1 aromatic heterocycles. The minimum Gasteiger partial charge on any atom is -0.384 e. The van der Waals surface area contributed by atoms with Crippen LogP contribution in [0, 0.1) is 5.92 Å². The van der Waals surface area contributed by atoms with E-state index in [-0.39, 0.29) is 0 Å². The number of pyridine rings is 1. The lowest BCUT2D eigenvalue weighted by Gasteiger charge is -2.25. The Balaban J connectivity index is 1.83. The fraction of sp³-hybridized carbons (Fsp3) is 0.500. The molecule has 1 aliphatic carbocycles. The topological polar surface area (TPSA) is 50.9 Å². The van der Waals surface area contributed by atoms with Crippen molar-refractivity contribution in [2.24, 2.45) is 5.92 Å². The summed E-state index contributed by atoms with van der Waals surface area (Å²) in [5.74, 6) is 1.45. The summed E-state index contributed by atoms with van der Waals surface area (Å²) < 4.78 is 0. The van der Waals surface area contributed by atoms with E-state index < -0.39 is 0 Å². The fourth-order valence-electron chi connectivity index (χ4n) is 1.47. The molecule has 3 heteroatoms. The van der Waals surface area contributed by atoms with Crippen LogP contribution >= 0.6 is 0 Å². The maximum Gasteiger partial charge on any atom is 0.123 e. The molecule has 1 fully saturated rings. The van der Waals surface area contributed by atoms with Crippen molar-refractivity contribution in [1.29, 1.82) is 0 Å². The SMILES string of the molecule is Nc1ccc(NCC2CCC2)cn1. The molecule has 0 saturated heterocycles. The fourth-order valence-corrected chi connectivity index (χ4v) is 1.47. The Morgan fingerprint density at radius 3 is 2.85 bits per heavy atom. The normalized spacial score (nSPS) is 16.6. The van der Waals surface area contributed by atoms with Gasteiger partial charge in [-0.15, -0.1) is 0 Å². The molecule has 3 N–H and O–H groups in total. The third-order valence-electron chi connectivity index (χ3n) is 2.61. The molecule has 0 bridgehead atoms. The van der Waals surface area contributed by atoms with Gasteiger partial charge < -0.3 is 11.1 Å². The van der Waals surface area contributed by atoms with Crippen molar-refractivity contribution in [2.45, 2.75) is 19.3 Å². The molecule has 13 heavy (non-hydrogen) atoms. The number of aromatic nitrogens is 1. The lowest BCUT2D eigenvalue weighted by atomic mass is 9.85. The standard InChI is InChI=1S/C10H15N3/c11-10-5-4-9(7-13-10)12-6-8-2-1-3-8/h4-5,7-8,12H,1-3,6H2,(H2,11,13). The van der Waals surface area contributed by atoms with Crippen molar-refractivity contribution in [2.75, 3.05) is 17.6 Å². The highest BCUT2D eigenvalue weighted by atomic mass is 14.9. The van der Waals surface area contributed by atoms with E-state index in [1.807, 2.05) is 12.1 Å². The smallest absolute Gasteiger partial charge is 0.123 e. The molecule has 0 amide bonds. The van der Waals surface area contributed by atoms with Crippen LogP contribution in [0.25, 0.3) is 0 Å². The zero-order chi connectivity index (χ0) is 9.10. The molecular weight excluding hydrogens is 162 g/mol. The summed E-state index contributed by atoms with van der Waals surface area (Å²) in [6.07, 6.45) is 5.92. The van der Waals surface area contributed by atoms with Gasteiger partial charge in [0.1, 0.15) is 5.82 Å². The average Bonchev–Trinajstić information content (AvgIpc) is 2.05. The van der Waals surface area contributed by atoms with Crippen molar-refractivity contribution >= 4 is 11.5 Å². The summed E-state index contributed by atoms with van der Waals surface area (Å²) in [6.45, 7) is 1.07. The Bertz CT molecular complexity index is 264. The molecule has 2 rings (SSSR count). The first-order chi connectivity index (χ1) is 6.34. The summed E-state index contributed by atoms with van der Waals surface area (Å²) in [5.41, 5.74) is 6.55. The van der Waals surface area contributed by atoms with E-state index in [9.17, 15) is 0 Å². The quantitative estimate of drug-likeness (QED) is 0.741. The zero-order valence-corrected chi connectivity index (χ0v) is 7.66. The van der Waals surface area contributed by atoms with Gasteiger partial charge in [0, 0.05) is 6.54 Å². The van der Waals surface area contributed by atoms with Gasteiger partial charge in [0.15, 0.2) is 0 Å². The second-order valence-electron chi connectivity index (χ2n) is 3.65. The maximum atomic E-state index is 5.48. The number of anilines is 2. The number of hydrogen-bond donors (Lipinski definition) is 2. The first-order valence-corrected chi connectivity index (χ1v) is 4.80. The van der Waals surface area contributed by atoms with E-state index in [1.54, 1.807) is 6.20 Å². The summed E-state index contributed by atoms with van der Waals surface area (Å²) in [7, 11) is 0. The van der Waals surface area contributed by atoms with Crippen LogP contribution in [0.5, 0.6) is 0 Å². The van der Waals surface area contributed by atoms with E-state index in [1.165, 1.54) is 19.3 Å². The second kappa shape index (κ2) is 3.64. The number of nitrogen functional groups attached to an aromatic ring is 1. The van der Waals surface area contributed by atoms with Gasteiger partial charge >= 0.3 is 0 Å². The second-order valence-corrected chi connectivity index (χ2v) is 3.65. The highest BCUT2D eigenvalue weighted by Gasteiger charge is 2.16. The van der Waals surface area contributed by atoms with Crippen LogP contribution in [0.15, 0.2) is 18.3 Å². The predicted octanol–water partition coefficient (Wildman–Crippen LogP) is 1.88. The Morgan fingerprint density at radius 1 is 1.46 bits per heavy atom. The van der Waals surface area contributed by atoms with E-state index in [2.05, 4.69) is 10.3 Å². The maximum absolute atomic E-state index is 5.48. The van der Waals surface area contributed by atoms with E-state index in [0.29, 0.717) is 5.82 Å². The van der Waals surface area contributed by atoms with Crippen molar-refractivity contribution in [1.82, 2.24) is 4.98 Å². The molecular formula is C10H15N3. The van der Waals surface area contributed by atoms with Crippen molar-refractivity contribution in [3.8, 4) is 0 Å². The van der Waals surface area contributed by atoms with Crippen molar-refractivity contribution < 1.29 is 0 Å². The molecule has 0 radical (unpaired) electrons. The van der Waals surface area contributed by atoms with Gasteiger partial charge in [0.2, 0.25) is 0 Å². The largest absolute Gasteiger partial charge is 0.384 e. The van der Waals surface area contributed by atoms with Crippen LogP contribution in [-0.2, 0) is 0 Å². The van der Waals surface area contributed by atoms with Gasteiger partial charge in [0.05, 0.1) is 11.9 Å². The molecule has 1 aliphatic rings. The minimum absolute atomic E-state index is 0.578. The number of nitrogens with one attached hydrogen (secondary N) is 1. The molecule has 3 nitrogen and oxygen atoms in total. The summed E-state index contributed by atoms with van der Waals surface area (Å²) >= 11 is 0. The predicted molar refractivity (Wildman–Crippen MR) is 54.5 cm³/mol. The van der Waals surface area contributed by atoms with Gasteiger partial charge in [-0.1, -0.05) is 6.42 Å². The van der Waals surface area contributed by atoms with Crippen LogP contribution in [0.1, 0.15) is 19.3 Å². The highest BCUT2D eigenvalue weighted by molar-refractivity contribution is 5.45. The molecule has 0 spiro atoms. The Labute approximate surface area is 78.4 Å². The van der Waals surface area contributed by atoms with Crippen molar-refractivity contribution in [3.63, 3.8) is 0 Å². The molecule has 1 saturated carbocycles. The molecule has 0 unspecified atom stereocenters. The first-order valence-electron chi connectivity index (χ1n) is 4.80. The van der Waals surface area contributed by atoms with Crippen LogP contribution < -0.4 is 11.1 Å². The third kappa shape index (κ3) is 2.11. The van der Waals surface area contributed by atoms with Gasteiger partial charge in [-0.25, -0.2) is 4.98 Å². The molecule has 0 aromatic carbocycles. The molecule has 0 aliphatic heterocycles. The van der Waals surface area contributed by atoms with Crippen molar-refractivity contribution in [3.05, 3.63) is 18.3 Å². The monoisotopic (exact) mass is 177 g/mol. The lowest BCUT2D eigenvalue weighted by molar-refractivity contribution is 0.333. The van der Waals surface area contributed by atoms with E-state index >= 15 is 0 Å². The summed E-state index contributed by atoms with van der Waals surface area (Å²) in [4.78, 5) is 4.02. The van der Waals surface area contributed by atoms with E-state index in [0.717, 1.165) is 18.2 Å². The molecule has 70 valence electrons. The minimum atomic E-state index is 0.578. The Kier molecular flexibility index (Phi) is 2.34. The van der Waals surface area contributed by atoms with Crippen LogP contribution in [-0.4, -0.2) is 11.5 Å². The lowest BCUT2D eigenvalue weighted by Crippen LogP contribution is -2.20. The van der Waals surface area contributed by atoms with Gasteiger partial charge in [-0.3, -0.25) is 0 Å². The van der Waals surface area contributed by atoms with Crippen LogP contribution in [0.2, 0.25) is 0 Å². The van der Waals surface area contributed by atoms with Gasteiger partial charge in [0.25, 0.3) is 0 Å². The zero-order valence-electron chi connectivity index (χ0n) is 7.66. The van der Waals surface area contributed by atoms with Gasteiger partial charge in [-0.2, -0.15) is 0 Å². The number of rotatable bonds is 3. The molecule has 0 atom stereocenters. The summed E-state index contributed by atoms with van der Waals surface area (Å²) in [5, 5.41) is 3.36. The third-order valence-corrected chi connectivity index (χ3v) is 2.61. The van der Waals surface area contributed by atoms with Crippen LogP contribution in [0.3, 0.4) is 0 Å². The number of hydrogen-bond acceptors (Lipinski definition) is 3. The van der Waals surface area contributed by atoms with E-state index in [4.69, 9.17) is 5.73 Å². The first kappa shape index (κ1) is 8.35. The average molecular weight is 177 g/mol. The van der Waals surface area contributed by atoms with Crippen LogP contribution in [0.4, 0.5) is 11.5 Å². The Hall–Kier alpha value is -1.25. The highest BCUT2D eigenvalue weighted by Crippen LogP contribution is 2.26. The number of nitrogens with zero attached hydrogens (tertiary/aromatic N) is 1. The molecule has 1 aromatic rings.